The van der Waals surface area contributed by atoms with Crippen LogP contribution < -0.4 is 38.8 Å². The Morgan fingerprint density at radius 3 is 1.95 bits per heavy atom. The Morgan fingerprint density at radius 1 is 0.762 bits per heavy atom. The molecule has 0 aromatic heterocycles. The molecule has 0 bridgehead atoms. The van der Waals surface area contributed by atoms with Crippen molar-refractivity contribution in [2.45, 2.75) is 51.0 Å². The van der Waals surface area contributed by atoms with Gasteiger partial charge in [-0.3, -0.25) is 4.79 Å². The van der Waals surface area contributed by atoms with Crippen molar-refractivity contribution < 1.29 is 56.3 Å². The van der Waals surface area contributed by atoms with Gasteiger partial charge in [0.1, 0.15) is 28.7 Å². The number of hydrogen-bond acceptors (Lipinski definition) is 4. The highest BCUT2D eigenvalue weighted by Crippen LogP contribution is 2.21. The van der Waals surface area contributed by atoms with Gasteiger partial charge in [-0.25, -0.2) is 13.6 Å². The molecule has 3 rings (SSSR count). The van der Waals surface area contributed by atoms with E-state index in [9.17, 15) is 18.4 Å². The van der Waals surface area contributed by atoms with E-state index in [4.69, 9.17) is 9.47 Å². The second kappa shape index (κ2) is 17.8. The quantitative estimate of drug-likeness (QED) is 0.0823. The summed E-state index contributed by atoms with van der Waals surface area (Å²) in [5, 5.41) is 3.13. The SMILES string of the molecule is C[N+](C)(C)C(Cc1ccccc1)C(=O)NCCCCCCCCOc1ccc(OC(=O)c2c(F)cccc2F)cc1.[I-]. The summed E-state index contributed by atoms with van der Waals surface area (Å²) in [7, 11) is 6.17. The van der Waals surface area contributed by atoms with Gasteiger partial charge in [0.2, 0.25) is 0 Å². The number of esters is 1. The van der Waals surface area contributed by atoms with Gasteiger partial charge < -0.3 is 43.3 Å². The maximum Gasteiger partial charge on any atom is 0.349 e. The fraction of sp³-hybridized carbons (Fsp3) is 0.394. The number of quaternary nitrogens is 1. The van der Waals surface area contributed by atoms with Crippen molar-refractivity contribution in [3.8, 4) is 11.5 Å². The largest absolute Gasteiger partial charge is 1.00 e. The predicted molar refractivity (Wildman–Crippen MR) is 156 cm³/mol. The first-order valence-corrected chi connectivity index (χ1v) is 14.2. The number of unbranched alkanes of at least 4 members (excludes halogenated alkanes) is 5. The Bertz CT molecular complexity index is 1230. The lowest BCUT2D eigenvalue weighted by molar-refractivity contribution is -0.886. The minimum atomic E-state index is -1.09. The highest BCUT2D eigenvalue weighted by molar-refractivity contribution is 5.91. The molecule has 6 nitrogen and oxygen atoms in total. The van der Waals surface area contributed by atoms with Crippen LogP contribution in [-0.4, -0.2) is 56.7 Å². The third-order valence-electron chi connectivity index (χ3n) is 6.85. The zero-order valence-corrected chi connectivity index (χ0v) is 26.7. The number of nitrogens with one attached hydrogen (secondary N) is 1. The molecule has 1 unspecified atom stereocenters. The van der Waals surface area contributed by atoms with Crippen molar-refractivity contribution in [1.82, 2.24) is 5.32 Å². The molecular formula is C33H41F2IN2O4. The maximum absolute atomic E-state index is 13.7. The average molecular weight is 695 g/mol. The van der Waals surface area contributed by atoms with Crippen LogP contribution in [-0.2, 0) is 11.2 Å². The maximum atomic E-state index is 13.7. The lowest BCUT2D eigenvalue weighted by Gasteiger charge is -2.33. The number of benzene rings is 3. The molecule has 0 aliphatic carbocycles. The first-order valence-electron chi connectivity index (χ1n) is 14.2. The van der Waals surface area contributed by atoms with Crippen LogP contribution in [0.5, 0.6) is 11.5 Å². The summed E-state index contributed by atoms with van der Waals surface area (Å²) in [4.78, 5) is 25.0. The van der Waals surface area contributed by atoms with Crippen molar-refractivity contribution >= 4 is 11.9 Å². The zero-order chi connectivity index (χ0) is 29.7. The summed E-state index contributed by atoms with van der Waals surface area (Å²) < 4.78 is 38.9. The summed E-state index contributed by atoms with van der Waals surface area (Å²) in [6, 6.07) is 19.5. The van der Waals surface area contributed by atoms with E-state index in [1.807, 2.05) is 18.2 Å². The minimum Gasteiger partial charge on any atom is -1.00 e. The Labute approximate surface area is 265 Å². The summed E-state index contributed by atoms with van der Waals surface area (Å²) in [5.41, 5.74) is 0.451. The molecule has 0 saturated heterocycles. The van der Waals surface area contributed by atoms with E-state index < -0.39 is 23.2 Å². The number of nitrogens with zero attached hydrogens (tertiary/aromatic N) is 1. The third kappa shape index (κ3) is 11.7. The van der Waals surface area contributed by atoms with E-state index in [-0.39, 0.29) is 41.7 Å². The predicted octanol–water partition coefficient (Wildman–Crippen LogP) is 3.34. The van der Waals surface area contributed by atoms with Crippen molar-refractivity contribution in [1.29, 1.82) is 0 Å². The van der Waals surface area contributed by atoms with Crippen molar-refractivity contribution in [3.63, 3.8) is 0 Å². The number of halogens is 3. The second-order valence-electron chi connectivity index (χ2n) is 11.0. The number of rotatable bonds is 16. The molecule has 1 amide bonds. The molecule has 228 valence electrons. The van der Waals surface area contributed by atoms with Gasteiger partial charge in [0.25, 0.3) is 5.91 Å². The van der Waals surface area contributed by atoms with Crippen LogP contribution in [0.15, 0.2) is 72.8 Å². The Morgan fingerprint density at radius 2 is 1.33 bits per heavy atom. The molecular weight excluding hydrogens is 653 g/mol. The van der Waals surface area contributed by atoms with Gasteiger partial charge >= 0.3 is 5.97 Å². The molecule has 0 aliphatic heterocycles. The van der Waals surface area contributed by atoms with E-state index in [0.29, 0.717) is 29.8 Å². The molecule has 9 heteroatoms. The number of carbonyl (C=O) groups excluding carboxylic acids is 2. The van der Waals surface area contributed by atoms with Crippen LogP contribution in [0.1, 0.15) is 54.4 Å². The van der Waals surface area contributed by atoms with Crippen molar-refractivity contribution in [2.75, 3.05) is 34.3 Å². The third-order valence-corrected chi connectivity index (χ3v) is 6.85. The lowest BCUT2D eigenvalue weighted by Crippen LogP contribution is -3.00. The number of amides is 1. The van der Waals surface area contributed by atoms with Crippen LogP contribution >= 0.6 is 0 Å². The fourth-order valence-corrected chi connectivity index (χ4v) is 4.46. The summed E-state index contributed by atoms with van der Waals surface area (Å²) >= 11 is 0. The normalized spacial score (nSPS) is 11.7. The second-order valence-corrected chi connectivity index (χ2v) is 11.0. The highest BCUT2D eigenvalue weighted by atomic mass is 127. The number of ether oxygens (including phenoxy) is 2. The molecule has 1 N–H and O–H groups in total. The van der Waals surface area contributed by atoms with Gasteiger partial charge in [0.05, 0.1) is 27.7 Å². The lowest BCUT2D eigenvalue weighted by atomic mass is 10.0. The molecule has 0 saturated carbocycles. The molecule has 3 aromatic rings. The van der Waals surface area contributed by atoms with E-state index in [1.54, 1.807) is 12.1 Å². The molecule has 0 aliphatic rings. The molecule has 1 atom stereocenters. The fourth-order valence-electron chi connectivity index (χ4n) is 4.46. The van der Waals surface area contributed by atoms with Crippen LogP contribution in [0.3, 0.4) is 0 Å². The van der Waals surface area contributed by atoms with E-state index in [0.717, 1.165) is 50.7 Å². The topological polar surface area (TPSA) is 64.6 Å². The van der Waals surface area contributed by atoms with Gasteiger partial charge in [0.15, 0.2) is 6.04 Å². The van der Waals surface area contributed by atoms with Crippen LogP contribution in [0.25, 0.3) is 0 Å². The minimum absolute atomic E-state index is 0. The van der Waals surface area contributed by atoms with E-state index in [2.05, 4.69) is 38.6 Å². The number of carbonyl (C=O) groups is 2. The first-order chi connectivity index (χ1) is 19.6. The van der Waals surface area contributed by atoms with E-state index in [1.165, 1.54) is 23.8 Å². The monoisotopic (exact) mass is 694 g/mol. The molecule has 42 heavy (non-hydrogen) atoms. The van der Waals surface area contributed by atoms with Gasteiger partial charge in [-0.1, -0.05) is 62.1 Å². The standard InChI is InChI=1S/C33H40F2N2O4.HI/c1-37(2,3)30(24-25-14-9-8-10-15-25)32(38)36-22-11-6-4-5-7-12-23-40-26-18-20-27(21-19-26)41-33(39)31-28(34)16-13-17-29(31)35;/h8-10,13-21,30H,4-7,11-12,22-24H2,1-3H3;1H. The Hall–Kier alpha value is -3.05. The average Bonchev–Trinajstić information content (AvgIpc) is 2.93. The van der Waals surface area contributed by atoms with Crippen molar-refractivity contribution in [3.05, 3.63) is 95.6 Å². The Kier molecular flexibility index (Phi) is 14.9. The summed E-state index contributed by atoms with van der Waals surface area (Å²) in [6.07, 6.45) is 6.87. The summed E-state index contributed by atoms with van der Waals surface area (Å²) in [6.45, 7) is 1.25. The van der Waals surface area contributed by atoms with Gasteiger partial charge in [-0.05, 0) is 54.8 Å². The Balaban J connectivity index is 0.00000616. The smallest absolute Gasteiger partial charge is 0.349 e. The van der Waals surface area contributed by atoms with Gasteiger partial charge in [-0.2, -0.15) is 0 Å². The van der Waals surface area contributed by atoms with Crippen molar-refractivity contribution in [2.24, 2.45) is 0 Å². The number of likely N-dealkylation sites (N-methyl/N-ethyl adjacent to an activating group) is 1. The molecule has 0 radical (unpaired) electrons. The highest BCUT2D eigenvalue weighted by Gasteiger charge is 2.31. The molecule has 0 fully saturated rings. The zero-order valence-electron chi connectivity index (χ0n) is 24.6. The number of hydrogen-bond donors (Lipinski definition) is 1. The van der Waals surface area contributed by atoms with Gasteiger partial charge in [0, 0.05) is 13.0 Å². The summed E-state index contributed by atoms with van der Waals surface area (Å²) in [5.74, 6) is -2.13. The van der Waals surface area contributed by atoms with Crippen LogP contribution in [0.4, 0.5) is 8.78 Å². The van der Waals surface area contributed by atoms with Crippen LogP contribution in [0.2, 0.25) is 0 Å². The molecule has 3 aromatic carbocycles. The van der Waals surface area contributed by atoms with E-state index >= 15 is 0 Å². The van der Waals surface area contributed by atoms with Gasteiger partial charge in [-0.15, -0.1) is 0 Å². The molecule has 0 heterocycles. The van der Waals surface area contributed by atoms with Crippen LogP contribution in [0, 0.1) is 11.6 Å². The molecule has 0 spiro atoms. The first kappa shape index (κ1) is 35.1.